The van der Waals surface area contributed by atoms with E-state index in [-0.39, 0.29) is 11.9 Å². The number of piperidine rings is 1. The molecular formula is C9H17N2O. The van der Waals surface area contributed by atoms with Crippen molar-refractivity contribution in [3.8, 4) is 0 Å². The molecule has 12 heavy (non-hydrogen) atoms. The number of likely N-dealkylation sites (tertiary alicyclic amines) is 1. The van der Waals surface area contributed by atoms with Crippen molar-refractivity contribution in [2.24, 2.45) is 11.7 Å². The number of hydrogen-bond acceptors (Lipinski definition) is 2. The fourth-order valence-electron chi connectivity index (χ4n) is 1.72. The van der Waals surface area contributed by atoms with E-state index in [1.807, 2.05) is 7.05 Å². The second-order valence-electron chi connectivity index (χ2n) is 3.67. The minimum Gasteiger partial charge on any atom is -0.345 e. The first-order valence-electron chi connectivity index (χ1n) is 4.42. The summed E-state index contributed by atoms with van der Waals surface area (Å²) >= 11 is 0. The Hall–Kier alpha value is -0.570. The number of hydrogen-bond donors (Lipinski definition) is 1. The van der Waals surface area contributed by atoms with Gasteiger partial charge in [0, 0.05) is 26.1 Å². The molecule has 0 aromatic carbocycles. The van der Waals surface area contributed by atoms with Crippen molar-refractivity contribution in [2.75, 3.05) is 13.6 Å². The molecule has 2 N–H and O–H groups in total. The minimum atomic E-state index is 0.0107. The zero-order valence-corrected chi connectivity index (χ0v) is 7.62. The number of nitrogens with zero attached hydrogens (tertiary/aromatic N) is 1. The van der Waals surface area contributed by atoms with Gasteiger partial charge >= 0.3 is 0 Å². The minimum absolute atomic E-state index is 0.0107. The van der Waals surface area contributed by atoms with Crippen molar-refractivity contribution in [2.45, 2.75) is 25.3 Å². The molecule has 1 rings (SSSR count). The summed E-state index contributed by atoms with van der Waals surface area (Å²) < 4.78 is 0. The van der Waals surface area contributed by atoms with Gasteiger partial charge in [-0.25, -0.2) is 0 Å². The van der Waals surface area contributed by atoms with Gasteiger partial charge in [0.05, 0.1) is 0 Å². The van der Waals surface area contributed by atoms with E-state index in [1.165, 1.54) is 0 Å². The summed E-state index contributed by atoms with van der Waals surface area (Å²) in [6, 6.07) is 0.0107. The predicted molar refractivity (Wildman–Crippen MR) is 48.3 cm³/mol. The Bertz CT molecular complexity index is 168. The SMILES string of the molecule is [CH2][C@H](N)C[C@@H]1CCC(=O)N(C)C1. The average molecular weight is 169 g/mol. The van der Waals surface area contributed by atoms with Crippen molar-refractivity contribution in [3.05, 3.63) is 6.92 Å². The largest absolute Gasteiger partial charge is 0.345 e. The first kappa shape index (κ1) is 9.52. The zero-order valence-electron chi connectivity index (χ0n) is 7.62. The van der Waals surface area contributed by atoms with Gasteiger partial charge in [-0.2, -0.15) is 0 Å². The lowest BCUT2D eigenvalue weighted by atomic mass is 9.92. The molecule has 1 fully saturated rings. The van der Waals surface area contributed by atoms with Crippen LogP contribution in [0, 0.1) is 12.8 Å². The van der Waals surface area contributed by atoms with Crippen molar-refractivity contribution in [1.82, 2.24) is 4.90 Å². The van der Waals surface area contributed by atoms with Crippen molar-refractivity contribution in [1.29, 1.82) is 0 Å². The summed E-state index contributed by atoms with van der Waals surface area (Å²) in [6.07, 6.45) is 2.58. The molecule has 1 aliphatic rings. The molecule has 0 unspecified atom stereocenters. The van der Waals surface area contributed by atoms with E-state index < -0.39 is 0 Å². The third kappa shape index (κ3) is 2.48. The molecule has 0 spiro atoms. The lowest BCUT2D eigenvalue weighted by molar-refractivity contribution is -0.133. The van der Waals surface area contributed by atoms with E-state index in [2.05, 4.69) is 6.92 Å². The molecule has 0 saturated carbocycles. The van der Waals surface area contributed by atoms with Crippen LogP contribution in [0.25, 0.3) is 0 Å². The molecule has 1 aliphatic heterocycles. The second kappa shape index (κ2) is 3.90. The fraction of sp³-hybridized carbons (Fsp3) is 0.778. The van der Waals surface area contributed by atoms with E-state index in [4.69, 9.17) is 5.73 Å². The maximum Gasteiger partial charge on any atom is 0.222 e. The maximum absolute atomic E-state index is 11.1. The first-order valence-corrected chi connectivity index (χ1v) is 4.42. The highest BCUT2D eigenvalue weighted by Crippen LogP contribution is 2.19. The number of amides is 1. The number of rotatable bonds is 2. The first-order chi connectivity index (χ1) is 5.59. The molecule has 0 aliphatic carbocycles. The Morgan fingerprint density at radius 1 is 1.83 bits per heavy atom. The van der Waals surface area contributed by atoms with E-state index in [1.54, 1.807) is 4.90 Å². The molecule has 3 heteroatoms. The second-order valence-corrected chi connectivity index (χ2v) is 3.67. The summed E-state index contributed by atoms with van der Waals surface area (Å²) in [6.45, 7) is 4.60. The Morgan fingerprint density at radius 2 is 2.50 bits per heavy atom. The van der Waals surface area contributed by atoms with Crippen LogP contribution in [0.3, 0.4) is 0 Å². The third-order valence-corrected chi connectivity index (χ3v) is 2.36. The molecule has 2 atom stereocenters. The average Bonchev–Trinajstić information content (AvgIpc) is 1.96. The molecule has 1 amide bonds. The molecule has 0 aromatic rings. The van der Waals surface area contributed by atoms with Gasteiger partial charge in [0.15, 0.2) is 0 Å². The zero-order chi connectivity index (χ0) is 9.14. The van der Waals surface area contributed by atoms with Gasteiger partial charge in [0.1, 0.15) is 0 Å². The number of carbonyl (C=O) groups is 1. The Labute approximate surface area is 73.9 Å². The van der Waals surface area contributed by atoms with Crippen molar-refractivity contribution < 1.29 is 4.79 Å². The Kier molecular flexibility index (Phi) is 3.09. The molecule has 69 valence electrons. The van der Waals surface area contributed by atoms with E-state index in [9.17, 15) is 4.79 Å². The lowest BCUT2D eigenvalue weighted by Gasteiger charge is -2.30. The molecule has 0 aromatic heterocycles. The third-order valence-electron chi connectivity index (χ3n) is 2.36. The van der Waals surface area contributed by atoms with Crippen LogP contribution in [-0.2, 0) is 4.79 Å². The topological polar surface area (TPSA) is 46.3 Å². The normalized spacial score (nSPS) is 27.4. The van der Waals surface area contributed by atoms with Crippen LogP contribution in [0.2, 0.25) is 0 Å². The highest BCUT2D eigenvalue weighted by molar-refractivity contribution is 5.76. The van der Waals surface area contributed by atoms with E-state index in [0.29, 0.717) is 12.3 Å². The van der Waals surface area contributed by atoms with Crippen LogP contribution in [0.5, 0.6) is 0 Å². The van der Waals surface area contributed by atoms with Gasteiger partial charge in [-0.3, -0.25) is 4.79 Å². The van der Waals surface area contributed by atoms with Gasteiger partial charge < -0.3 is 10.6 Å². The summed E-state index contributed by atoms with van der Waals surface area (Å²) in [5.74, 6) is 0.809. The van der Waals surface area contributed by atoms with Crippen LogP contribution >= 0.6 is 0 Å². The summed E-state index contributed by atoms with van der Waals surface area (Å²) in [7, 11) is 1.85. The maximum atomic E-state index is 11.1. The quantitative estimate of drug-likeness (QED) is 0.650. The van der Waals surface area contributed by atoms with Gasteiger partial charge in [-0.1, -0.05) is 0 Å². The summed E-state index contributed by atoms with van der Waals surface area (Å²) in [5, 5.41) is 0. The van der Waals surface area contributed by atoms with Crippen LogP contribution in [-0.4, -0.2) is 30.4 Å². The summed E-state index contributed by atoms with van der Waals surface area (Å²) in [5.41, 5.74) is 5.59. The Balaban J connectivity index is 2.35. The molecule has 1 heterocycles. The molecule has 0 bridgehead atoms. The van der Waals surface area contributed by atoms with Gasteiger partial charge in [0.25, 0.3) is 0 Å². The molecular weight excluding hydrogens is 152 g/mol. The van der Waals surface area contributed by atoms with Crippen LogP contribution in [0.1, 0.15) is 19.3 Å². The monoisotopic (exact) mass is 169 g/mol. The number of nitrogens with two attached hydrogens (primary N) is 1. The fourth-order valence-corrected chi connectivity index (χ4v) is 1.72. The molecule has 1 saturated heterocycles. The van der Waals surface area contributed by atoms with Gasteiger partial charge in [-0.15, -0.1) is 0 Å². The van der Waals surface area contributed by atoms with Crippen LogP contribution in [0.4, 0.5) is 0 Å². The predicted octanol–water partition coefficient (Wildman–Crippen LogP) is 0.406. The summed E-state index contributed by atoms with van der Waals surface area (Å²) in [4.78, 5) is 12.9. The number of carbonyl (C=O) groups excluding carboxylic acids is 1. The highest BCUT2D eigenvalue weighted by atomic mass is 16.2. The standard InChI is InChI=1S/C9H17N2O/c1-7(10)5-8-3-4-9(12)11(2)6-8/h7-8H,1,3-6,10H2,2H3/t7-,8-/m0/s1. The Morgan fingerprint density at radius 3 is 3.00 bits per heavy atom. The van der Waals surface area contributed by atoms with Gasteiger partial charge in [0.2, 0.25) is 5.91 Å². The van der Waals surface area contributed by atoms with Crippen LogP contribution < -0.4 is 5.73 Å². The van der Waals surface area contributed by atoms with E-state index >= 15 is 0 Å². The lowest BCUT2D eigenvalue weighted by Crippen LogP contribution is -2.38. The van der Waals surface area contributed by atoms with Crippen molar-refractivity contribution in [3.63, 3.8) is 0 Å². The smallest absolute Gasteiger partial charge is 0.222 e. The highest BCUT2D eigenvalue weighted by Gasteiger charge is 2.23. The van der Waals surface area contributed by atoms with Crippen LogP contribution in [0.15, 0.2) is 0 Å². The van der Waals surface area contributed by atoms with Gasteiger partial charge in [-0.05, 0) is 25.7 Å². The molecule has 1 radical (unpaired) electrons. The van der Waals surface area contributed by atoms with Crippen molar-refractivity contribution >= 4 is 5.91 Å². The molecule has 3 nitrogen and oxygen atoms in total. The van der Waals surface area contributed by atoms with E-state index in [0.717, 1.165) is 19.4 Å².